The van der Waals surface area contributed by atoms with E-state index in [1.54, 1.807) is 0 Å². The molecule has 1 saturated heterocycles. The Labute approximate surface area is 86.5 Å². The summed E-state index contributed by atoms with van der Waals surface area (Å²) in [4.78, 5) is 0. The van der Waals surface area contributed by atoms with Gasteiger partial charge in [-0.2, -0.15) is 0 Å². The molecular weight excluding hydrogens is 200 g/mol. The molecule has 0 spiro atoms. The second-order valence-corrected chi connectivity index (χ2v) is 7.19. The Hall–Kier alpha value is -0.130. The van der Waals surface area contributed by atoms with E-state index in [1.165, 1.54) is 4.31 Å². The van der Waals surface area contributed by atoms with Crippen LogP contribution in [-0.2, 0) is 10.0 Å². The molecule has 0 bridgehead atoms. The van der Waals surface area contributed by atoms with Crippen molar-refractivity contribution in [2.45, 2.75) is 33.2 Å². The third-order valence-electron chi connectivity index (χ3n) is 2.20. The first-order valence-electron chi connectivity index (χ1n) is 4.94. The van der Waals surface area contributed by atoms with Crippen molar-refractivity contribution in [1.82, 2.24) is 4.31 Å². The van der Waals surface area contributed by atoms with Crippen molar-refractivity contribution in [3.8, 4) is 0 Å². The summed E-state index contributed by atoms with van der Waals surface area (Å²) in [6.07, 6.45) is 0.781. The predicted molar refractivity (Wildman–Crippen MR) is 57.4 cm³/mol. The molecule has 5 heteroatoms. The first-order chi connectivity index (χ1) is 6.21. The second kappa shape index (κ2) is 3.79. The van der Waals surface area contributed by atoms with Crippen LogP contribution in [0.25, 0.3) is 0 Å². The van der Waals surface area contributed by atoms with Crippen LogP contribution < -0.4 is 5.73 Å². The molecule has 0 saturated carbocycles. The molecule has 0 aliphatic carbocycles. The van der Waals surface area contributed by atoms with Crippen LogP contribution in [0.15, 0.2) is 0 Å². The number of hydrogen-bond donors (Lipinski definition) is 1. The van der Waals surface area contributed by atoms with Crippen LogP contribution in [0.2, 0.25) is 0 Å². The van der Waals surface area contributed by atoms with Gasteiger partial charge in [0.25, 0.3) is 0 Å². The van der Waals surface area contributed by atoms with Gasteiger partial charge in [-0.15, -0.1) is 0 Å². The molecule has 0 aromatic rings. The van der Waals surface area contributed by atoms with Gasteiger partial charge in [0.05, 0.1) is 5.75 Å². The average Bonchev–Trinajstić information content (AvgIpc) is 2.29. The second-order valence-electron chi connectivity index (χ2n) is 5.22. The van der Waals surface area contributed by atoms with Crippen LogP contribution in [0.5, 0.6) is 0 Å². The van der Waals surface area contributed by atoms with E-state index in [1.807, 2.05) is 20.8 Å². The van der Waals surface area contributed by atoms with E-state index in [0.717, 1.165) is 6.42 Å². The van der Waals surface area contributed by atoms with Gasteiger partial charge in [-0.25, -0.2) is 12.7 Å². The first kappa shape index (κ1) is 11.9. The van der Waals surface area contributed by atoms with Gasteiger partial charge in [-0.3, -0.25) is 0 Å². The zero-order valence-corrected chi connectivity index (χ0v) is 9.97. The van der Waals surface area contributed by atoms with Gasteiger partial charge in [0.1, 0.15) is 0 Å². The molecule has 4 nitrogen and oxygen atoms in total. The van der Waals surface area contributed by atoms with Crippen LogP contribution in [0.1, 0.15) is 27.2 Å². The molecule has 1 fully saturated rings. The minimum atomic E-state index is -3.10. The molecule has 0 aromatic carbocycles. The molecular formula is C9H20N2O2S. The number of nitrogens with zero attached hydrogens (tertiary/aromatic N) is 1. The van der Waals surface area contributed by atoms with Gasteiger partial charge in [0.15, 0.2) is 0 Å². The predicted octanol–water partition coefficient (Wildman–Crippen LogP) is 0.395. The molecule has 1 aliphatic rings. The molecule has 0 amide bonds. The topological polar surface area (TPSA) is 63.4 Å². The van der Waals surface area contributed by atoms with Gasteiger partial charge < -0.3 is 5.73 Å². The lowest BCUT2D eigenvalue weighted by Crippen LogP contribution is -2.37. The van der Waals surface area contributed by atoms with Gasteiger partial charge in [-0.1, -0.05) is 20.8 Å². The highest BCUT2D eigenvalue weighted by molar-refractivity contribution is 7.89. The van der Waals surface area contributed by atoms with Crippen LogP contribution >= 0.6 is 0 Å². The summed E-state index contributed by atoms with van der Waals surface area (Å²) in [7, 11) is -3.10. The zero-order chi connectivity index (χ0) is 11.0. The lowest BCUT2D eigenvalue weighted by atomic mass is 10.0. The maximum absolute atomic E-state index is 11.9. The van der Waals surface area contributed by atoms with Crippen molar-refractivity contribution in [1.29, 1.82) is 0 Å². The highest BCUT2D eigenvalue weighted by Crippen LogP contribution is 2.21. The molecule has 84 valence electrons. The Balaban J connectivity index is 2.67. The molecule has 1 unspecified atom stereocenters. The molecule has 1 atom stereocenters. The molecule has 0 radical (unpaired) electrons. The van der Waals surface area contributed by atoms with Crippen molar-refractivity contribution in [3.05, 3.63) is 0 Å². The van der Waals surface area contributed by atoms with Crippen LogP contribution in [0.3, 0.4) is 0 Å². The third kappa shape index (κ3) is 3.22. The number of sulfonamides is 1. The van der Waals surface area contributed by atoms with Crippen LogP contribution in [-0.4, -0.2) is 37.6 Å². The maximum atomic E-state index is 11.9. The molecule has 0 aromatic heterocycles. The summed E-state index contributed by atoms with van der Waals surface area (Å²) in [6, 6.07) is 0.0183. The summed E-state index contributed by atoms with van der Waals surface area (Å²) in [5.74, 6) is 0.201. The van der Waals surface area contributed by atoms with E-state index in [-0.39, 0.29) is 17.2 Å². The minimum Gasteiger partial charge on any atom is -0.326 e. The van der Waals surface area contributed by atoms with Crippen LogP contribution in [0, 0.1) is 5.41 Å². The number of hydrogen-bond acceptors (Lipinski definition) is 3. The quantitative estimate of drug-likeness (QED) is 0.732. The summed E-state index contributed by atoms with van der Waals surface area (Å²) in [6.45, 7) is 6.86. The fourth-order valence-electron chi connectivity index (χ4n) is 1.65. The first-order valence-corrected chi connectivity index (χ1v) is 6.55. The molecule has 2 N–H and O–H groups in total. The van der Waals surface area contributed by atoms with E-state index < -0.39 is 10.0 Å². The largest absolute Gasteiger partial charge is 0.326 e. The maximum Gasteiger partial charge on any atom is 0.214 e. The standard InChI is InChI=1S/C9H20N2O2S/c1-9(2,3)7-14(12,13)11-5-4-8(10)6-11/h8H,4-7,10H2,1-3H3. The monoisotopic (exact) mass is 220 g/mol. The van der Waals surface area contributed by atoms with E-state index in [0.29, 0.717) is 13.1 Å². The summed E-state index contributed by atoms with van der Waals surface area (Å²) < 4.78 is 25.2. The van der Waals surface area contributed by atoms with Crippen molar-refractivity contribution < 1.29 is 8.42 Å². The Morgan fingerprint density at radius 3 is 2.36 bits per heavy atom. The third-order valence-corrected chi connectivity index (χ3v) is 4.55. The lowest BCUT2D eigenvalue weighted by Gasteiger charge is -2.23. The summed E-state index contributed by atoms with van der Waals surface area (Å²) >= 11 is 0. The molecule has 1 heterocycles. The Kier molecular flexibility index (Phi) is 3.23. The Morgan fingerprint density at radius 2 is 2.00 bits per heavy atom. The van der Waals surface area contributed by atoms with E-state index in [9.17, 15) is 8.42 Å². The fraction of sp³-hybridized carbons (Fsp3) is 1.00. The van der Waals surface area contributed by atoms with E-state index in [2.05, 4.69) is 0 Å². The van der Waals surface area contributed by atoms with Crippen molar-refractivity contribution >= 4 is 10.0 Å². The number of nitrogens with two attached hydrogens (primary N) is 1. The zero-order valence-electron chi connectivity index (χ0n) is 9.16. The summed E-state index contributed by atoms with van der Waals surface area (Å²) in [5, 5.41) is 0. The van der Waals surface area contributed by atoms with Gasteiger partial charge in [0, 0.05) is 19.1 Å². The van der Waals surface area contributed by atoms with Crippen molar-refractivity contribution in [2.75, 3.05) is 18.8 Å². The van der Waals surface area contributed by atoms with Crippen molar-refractivity contribution in [3.63, 3.8) is 0 Å². The molecule has 14 heavy (non-hydrogen) atoms. The highest BCUT2D eigenvalue weighted by Gasteiger charge is 2.32. The smallest absolute Gasteiger partial charge is 0.214 e. The molecule has 1 rings (SSSR count). The Bertz CT molecular complexity index is 292. The molecule has 1 aliphatic heterocycles. The highest BCUT2D eigenvalue weighted by atomic mass is 32.2. The van der Waals surface area contributed by atoms with E-state index >= 15 is 0 Å². The van der Waals surface area contributed by atoms with Gasteiger partial charge in [0.2, 0.25) is 10.0 Å². The minimum absolute atomic E-state index is 0.0183. The van der Waals surface area contributed by atoms with E-state index in [4.69, 9.17) is 5.73 Å². The normalized spacial score (nSPS) is 25.6. The summed E-state index contributed by atoms with van der Waals surface area (Å²) in [5.41, 5.74) is 5.49. The van der Waals surface area contributed by atoms with Crippen LogP contribution in [0.4, 0.5) is 0 Å². The Morgan fingerprint density at radius 1 is 1.43 bits per heavy atom. The lowest BCUT2D eigenvalue weighted by molar-refractivity contribution is 0.422. The van der Waals surface area contributed by atoms with Gasteiger partial charge >= 0.3 is 0 Å². The SMILES string of the molecule is CC(C)(C)CS(=O)(=O)N1CCC(N)C1. The van der Waals surface area contributed by atoms with Crippen molar-refractivity contribution in [2.24, 2.45) is 11.1 Å². The fourth-order valence-corrected chi connectivity index (χ4v) is 3.72. The van der Waals surface area contributed by atoms with Gasteiger partial charge in [-0.05, 0) is 11.8 Å². The average molecular weight is 220 g/mol. The number of rotatable bonds is 2.